The van der Waals surface area contributed by atoms with E-state index in [2.05, 4.69) is 4.98 Å². The molecule has 0 aliphatic heterocycles. The summed E-state index contributed by atoms with van der Waals surface area (Å²) in [5.74, 6) is -0.195. The summed E-state index contributed by atoms with van der Waals surface area (Å²) < 4.78 is 14.9. The molecule has 0 aliphatic carbocycles. The summed E-state index contributed by atoms with van der Waals surface area (Å²) in [7, 11) is 0. The van der Waals surface area contributed by atoms with Gasteiger partial charge in [-0.15, -0.1) is 0 Å². The molecule has 3 rings (SSSR count). The SMILES string of the molecule is Nc1ccc2c(c1)nc(CO)n2-c1c(Cl)cc(F)cc1Cl. The first kappa shape index (κ1) is 14.1. The molecule has 0 radical (unpaired) electrons. The Morgan fingerprint density at radius 2 is 1.86 bits per heavy atom. The van der Waals surface area contributed by atoms with Gasteiger partial charge in [0, 0.05) is 5.69 Å². The fourth-order valence-electron chi connectivity index (χ4n) is 2.25. The van der Waals surface area contributed by atoms with E-state index in [1.165, 1.54) is 0 Å². The summed E-state index contributed by atoms with van der Waals surface area (Å²) >= 11 is 12.2. The molecule has 0 saturated carbocycles. The summed E-state index contributed by atoms with van der Waals surface area (Å²) in [5, 5.41) is 9.77. The number of halogens is 3. The lowest BCUT2D eigenvalue weighted by molar-refractivity contribution is 0.270. The smallest absolute Gasteiger partial charge is 0.140 e. The lowest BCUT2D eigenvalue weighted by Crippen LogP contribution is -2.03. The molecule has 2 aromatic carbocycles. The van der Waals surface area contributed by atoms with E-state index < -0.39 is 5.82 Å². The minimum atomic E-state index is -0.534. The number of hydrogen-bond acceptors (Lipinski definition) is 3. The molecule has 0 fully saturated rings. The number of benzene rings is 2. The predicted molar refractivity (Wildman–Crippen MR) is 81.4 cm³/mol. The number of fused-ring (bicyclic) bond motifs is 1. The van der Waals surface area contributed by atoms with Crippen LogP contribution in [0, 0.1) is 5.82 Å². The molecule has 0 saturated heterocycles. The molecule has 0 spiro atoms. The molecule has 1 aromatic heterocycles. The molecule has 21 heavy (non-hydrogen) atoms. The van der Waals surface area contributed by atoms with Crippen LogP contribution in [0.25, 0.3) is 16.7 Å². The Balaban J connectivity index is 2.39. The van der Waals surface area contributed by atoms with Crippen molar-refractivity contribution in [2.45, 2.75) is 6.61 Å². The molecule has 3 N–H and O–H groups in total. The Labute approximate surface area is 129 Å². The standard InChI is InChI=1S/C14H10Cl2FN3O/c15-9-3-7(17)4-10(16)14(9)20-12-2-1-8(18)5-11(12)19-13(20)6-21/h1-5,21H,6,18H2. The minimum absolute atomic E-state index is 0.130. The number of aliphatic hydroxyl groups excluding tert-OH is 1. The second kappa shape index (κ2) is 5.18. The van der Waals surface area contributed by atoms with Crippen molar-refractivity contribution in [1.82, 2.24) is 9.55 Å². The molecule has 1 heterocycles. The van der Waals surface area contributed by atoms with E-state index in [9.17, 15) is 9.50 Å². The molecule has 0 atom stereocenters. The van der Waals surface area contributed by atoms with Gasteiger partial charge in [-0.05, 0) is 30.3 Å². The Morgan fingerprint density at radius 3 is 2.48 bits per heavy atom. The number of nitrogen functional groups attached to an aromatic ring is 1. The highest BCUT2D eigenvalue weighted by atomic mass is 35.5. The number of hydrogen-bond donors (Lipinski definition) is 2. The Morgan fingerprint density at radius 1 is 1.19 bits per heavy atom. The fraction of sp³-hybridized carbons (Fsp3) is 0.0714. The topological polar surface area (TPSA) is 64.1 Å². The van der Waals surface area contributed by atoms with Gasteiger partial charge in [0.05, 0.1) is 26.8 Å². The second-order valence-electron chi connectivity index (χ2n) is 4.49. The first-order chi connectivity index (χ1) is 10.0. The van der Waals surface area contributed by atoms with Crippen LogP contribution in [-0.2, 0) is 6.61 Å². The van der Waals surface area contributed by atoms with Gasteiger partial charge in [0.2, 0.25) is 0 Å². The molecule has 0 amide bonds. The van der Waals surface area contributed by atoms with Gasteiger partial charge in [0.15, 0.2) is 0 Å². The number of aliphatic hydroxyl groups is 1. The Bertz CT molecular complexity index is 825. The van der Waals surface area contributed by atoms with Crippen molar-refractivity contribution < 1.29 is 9.50 Å². The van der Waals surface area contributed by atoms with Gasteiger partial charge in [0.1, 0.15) is 18.2 Å². The zero-order valence-electron chi connectivity index (χ0n) is 10.6. The van der Waals surface area contributed by atoms with Crippen molar-refractivity contribution in [3.63, 3.8) is 0 Å². The predicted octanol–water partition coefficient (Wildman–Crippen LogP) is 3.55. The fourth-order valence-corrected chi connectivity index (χ4v) is 2.88. The van der Waals surface area contributed by atoms with Crippen molar-refractivity contribution in [2.75, 3.05) is 5.73 Å². The largest absolute Gasteiger partial charge is 0.399 e. The van der Waals surface area contributed by atoms with Crippen molar-refractivity contribution >= 4 is 39.9 Å². The molecule has 0 unspecified atom stereocenters. The highest BCUT2D eigenvalue weighted by Crippen LogP contribution is 2.34. The van der Waals surface area contributed by atoms with Gasteiger partial charge in [0.25, 0.3) is 0 Å². The van der Waals surface area contributed by atoms with Crippen LogP contribution in [0.2, 0.25) is 10.0 Å². The molecular weight excluding hydrogens is 316 g/mol. The zero-order chi connectivity index (χ0) is 15.1. The molecular formula is C14H10Cl2FN3O. The van der Waals surface area contributed by atoms with Crippen LogP contribution >= 0.6 is 23.2 Å². The van der Waals surface area contributed by atoms with Gasteiger partial charge < -0.3 is 10.8 Å². The molecule has 3 aromatic rings. The zero-order valence-corrected chi connectivity index (χ0v) is 12.2. The van der Waals surface area contributed by atoms with E-state index in [1.54, 1.807) is 22.8 Å². The van der Waals surface area contributed by atoms with Crippen molar-refractivity contribution in [1.29, 1.82) is 0 Å². The summed E-state index contributed by atoms with van der Waals surface area (Å²) in [4.78, 5) is 4.29. The van der Waals surface area contributed by atoms with E-state index >= 15 is 0 Å². The van der Waals surface area contributed by atoms with Crippen LogP contribution in [-0.4, -0.2) is 14.7 Å². The average molecular weight is 326 g/mol. The quantitative estimate of drug-likeness (QED) is 0.708. The Kier molecular flexibility index (Phi) is 3.49. The van der Waals surface area contributed by atoms with Crippen LogP contribution in [0.1, 0.15) is 5.82 Å². The minimum Gasteiger partial charge on any atom is -0.399 e. The normalized spacial score (nSPS) is 11.2. The first-order valence-corrected chi connectivity index (χ1v) is 6.79. The van der Waals surface area contributed by atoms with Crippen molar-refractivity contribution in [3.05, 3.63) is 52.0 Å². The maximum absolute atomic E-state index is 13.3. The van der Waals surface area contributed by atoms with Gasteiger partial charge in [-0.3, -0.25) is 4.57 Å². The lowest BCUT2D eigenvalue weighted by Gasteiger charge is -2.12. The highest BCUT2D eigenvalue weighted by Gasteiger charge is 2.18. The summed E-state index contributed by atoms with van der Waals surface area (Å²) in [5.41, 5.74) is 7.91. The number of imidazole rings is 1. The van der Waals surface area contributed by atoms with Crippen LogP contribution in [0.5, 0.6) is 0 Å². The van der Waals surface area contributed by atoms with Gasteiger partial charge in [-0.2, -0.15) is 0 Å². The third kappa shape index (κ3) is 2.33. The van der Waals surface area contributed by atoms with Crippen molar-refractivity contribution in [2.24, 2.45) is 0 Å². The van der Waals surface area contributed by atoms with Crippen LogP contribution in [0.3, 0.4) is 0 Å². The first-order valence-electron chi connectivity index (χ1n) is 6.04. The molecule has 4 nitrogen and oxygen atoms in total. The van der Waals surface area contributed by atoms with E-state index in [-0.39, 0.29) is 16.7 Å². The van der Waals surface area contributed by atoms with Crippen LogP contribution < -0.4 is 5.73 Å². The van der Waals surface area contributed by atoms with Crippen LogP contribution in [0.4, 0.5) is 10.1 Å². The number of rotatable bonds is 2. The van der Waals surface area contributed by atoms with Gasteiger partial charge in [-0.1, -0.05) is 23.2 Å². The van der Waals surface area contributed by atoms with E-state index in [4.69, 9.17) is 28.9 Å². The van der Waals surface area contributed by atoms with E-state index in [0.29, 0.717) is 28.2 Å². The average Bonchev–Trinajstić information content (AvgIpc) is 2.75. The molecule has 0 bridgehead atoms. The summed E-state index contributed by atoms with van der Waals surface area (Å²) in [6.45, 7) is -0.321. The number of anilines is 1. The second-order valence-corrected chi connectivity index (χ2v) is 5.30. The number of aromatic nitrogens is 2. The number of nitrogens with two attached hydrogens (primary N) is 1. The van der Waals surface area contributed by atoms with Gasteiger partial charge >= 0.3 is 0 Å². The maximum Gasteiger partial charge on any atom is 0.140 e. The number of nitrogens with zero attached hydrogens (tertiary/aromatic N) is 2. The Hall–Kier alpha value is -1.82. The third-order valence-electron chi connectivity index (χ3n) is 3.09. The monoisotopic (exact) mass is 325 g/mol. The maximum atomic E-state index is 13.3. The summed E-state index contributed by atoms with van der Waals surface area (Å²) in [6.07, 6.45) is 0. The van der Waals surface area contributed by atoms with Crippen LogP contribution in [0.15, 0.2) is 30.3 Å². The lowest BCUT2D eigenvalue weighted by atomic mass is 10.2. The molecule has 7 heteroatoms. The highest BCUT2D eigenvalue weighted by molar-refractivity contribution is 6.37. The molecule has 0 aliphatic rings. The van der Waals surface area contributed by atoms with E-state index in [0.717, 1.165) is 12.1 Å². The van der Waals surface area contributed by atoms with Gasteiger partial charge in [-0.25, -0.2) is 9.37 Å². The van der Waals surface area contributed by atoms with Crippen molar-refractivity contribution in [3.8, 4) is 5.69 Å². The third-order valence-corrected chi connectivity index (χ3v) is 3.67. The summed E-state index contributed by atoms with van der Waals surface area (Å²) in [6, 6.07) is 7.44. The van der Waals surface area contributed by atoms with E-state index in [1.807, 2.05) is 0 Å². The molecule has 108 valence electrons.